The summed E-state index contributed by atoms with van der Waals surface area (Å²) in [6.07, 6.45) is 0.697. The third-order valence-electron chi connectivity index (χ3n) is 5.40. The molecule has 1 spiro atoms. The number of alkyl halides is 2. The number of hydrogen-bond acceptors (Lipinski definition) is 5. The minimum Gasteiger partial charge on any atom is -0.403 e. The molecule has 1 amide bonds. The van der Waals surface area contributed by atoms with Crippen LogP contribution in [-0.4, -0.2) is 46.1 Å². The molecule has 6 nitrogen and oxygen atoms in total. The first-order chi connectivity index (χ1) is 12.8. The number of carbonyl (C=O) groups is 1. The summed E-state index contributed by atoms with van der Waals surface area (Å²) >= 11 is 5.86. The van der Waals surface area contributed by atoms with Gasteiger partial charge >= 0.3 is 6.01 Å². The number of benzene rings is 1. The zero-order chi connectivity index (χ0) is 19.2. The molecule has 1 N–H and O–H groups in total. The van der Waals surface area contributed by atoms with Crippen LogP contribution in [0.3, 0.4) is 0 Å². The standard InChI is InChI=1S/C18H19ClF2N4O2/c1-2-13(15(26)25-8-7-17(10-25)9-18(17,20)21)22-16-24-23-14(27-16)11-3-5-12(19)6-4-11/h3-6,13H,2,7-10H2,1H3,(H,22,24)/t13-,17+/m1/s1. The number of amides is 1. The van der Waals surface area contributed by atoms with Gasteiger partial charge in [0, 0.05) is 30.1 Å². The molecule has 2 fully saturated rings. The highest BCUT2D eigenvalue weighted by Crippen LogP contribution is 2.65. The molecule has 0 radical (unpaired) electrons. The average molecular weight is 397 g/mol. The molecular weight excluding hydrogens is 378 g/mol. The first kappa shape index (κ1) is 18.2. The summed E-state index contributed by atoms with van der Waals surface area (Å²) in [7, 11) is 0. The van der Waals surface area contributed by atoms with Crippen molar-refractivity contribution >= 4 is 23.5 Å². The SMILES string of the molecule is CC[C@@H](Nc1nnc(-c2ccc(Cl)cc2)o1)C(=O)N1CC[C@@]2(C1)CC2(F)F. The summed E-state index contributed by atoms with van der Waals surface area (Å²) in [5.74, 6) is -2.56. The Bertz CT molecular complexity index is 857. The van der Waals surface area contributed by atoms with E-state index in [1.54, 1.807) is 24.3 Å². The topological polar surface area (TPSA) is 71.3 Å². The Morgan fingerprint density at radius 3 is 2.67 bits per heavy atom. The number of hydrogen-bond donors (Lipinski definition) is 1. The zero-order valence-corrected chi connectivity index (χ0v) is 15.5. The van der Waals surface area contributed by atoms with Crippen LogP contribution in [0.25, 0.3) is 11.5 Å². The smallest absolute Gasteiger partial charge is 0.316 e. The van der Waals surface area contributed by atoms with Gasteiger partial charge in [-0.1, -0.05) is 23.6 Å². The molecule has 9 heteroatoms. The summed E-state index contributed by atoms with van der Waals surface area (Å²) in [6, 6.07) is 6.44. The predicted octanol–water partition coefficient (Wildman–Crippen LogP) is 3.84. The van der Waals surface area contributed by atoms with Crippen molar-refractivity contribution in [3.8, 4) is 11.5 Å². The molecule has 27 heavy (non-hydrogen) atoms. The van der Waals surface area contributed by atoms with Crippen LogP contribution in [0.1, 0.15) is 26.2 Å². The van der Waals surface area contributed by atoms with Crippen LogP contribution in [-0.2, 0) is 4.79 Å². The molecule has 1 saturated heterocycles. The Kier molecular flexibility index (Phi) is 4.33. The van der Waals surface area contributed by atoms with Gasteiger partial charge in [-0.2, -0.15) is 0 Å². The van der Waals surface area contributed by atoms with Crippen LogP contribution < -0.4 is 5.32 Å². The van der Waals surface area contributed by atoms with Gasteiger partial charge in [0.2, 0.25) is 11.8 Å². The maximum absolute atomic E-state index is 13.6. The van der Waals surface area contributed by atoms with E-state index in [1.165, 1.54) is 4.90 Å². The van der Waals surface area contributed by atoms with E-state index in [1.807, 2.05) is 6.92 Å². The van der Waals surface area contributed by atoms with Crippen LogP contribution in [0.4, 0.5) is 14.8 Å². The molecule has 1 aliphatic carbocycles. The molecule has 1 saturated carbocycles. The fourth-order valence-corrected chi connectivity index (χ4v) is 3.71. The van der Waals surface area contributed by atoms with Gasteiger partial charge in [-0.3, -0.25) is 4.79 Å². The highest BCUT2D eigenvalue weighted by atomic mass is 35.5. The lowest BCUT2D eigenvalue weighted by Gasteiger charge is -2.22. The largest absolute Gasteiger partial charge is 0.403 e. The molecule has 2 atom stereocenters. The van der Waals surface area contributed by atoms with Crippen molar-refractivity contribution in [3.63, 3.8) is 0 Å². The van der Waals surface area contributed by atoms with E-state index in [-0.39, 0.29) is 24.9 Å². The molecular formula is C18H19ClF2N4O2. The molecule has 0 unspecified atom stereocenters. The number of rotatable bonds is 5. The van der Waals surface area contributed by atoms with Crippen molar-refractivity contribution in [2.75, 3.05) is 18.4 Å². The van der Waals surface area contributed by atoms with Crippen molar-refractivity contribution in [1.82, 2.24) is 15.1 Å². The van der Waals surface area contributed by atoms with Crippen molar-refractivity contribution in [2.45, 2.75) is 38.2 Å². The lowest BCUT2D eigenvalue weighted by Crippen LogP contribution is -2.42. The second-order valence-electron chi connectivity index (χ2n) is 7.20. The summed E-state index contributed by atoms with van der Waals surface area (Å²) < 4.78 is 32.7. The molecule has 2 heterocycles. The van der Waals surface area contributed by atoms with Crippen molar-refractivity contribution in [2.24, 2.45) is 5.41 Å². The first-order valence-corrected chi connectivity index (χ1v) is 9.24. The molecule has 144 valence electrons. The Morgan fingerprint density at radius 1 is 1.37 bits per heavy atom. The lowest BCUT2D eigenvalue weighted by atomic mass is 10.1. The molecule has 0 bridgehead atoms. The number of carbonyl (C=O) groups excluding carboxylic acids is 1. The van der Waals surface area contributed by atoms with E-state index >= 15 is 0 Å². The minimum atomic E-state index is -2.64. The number of likely N-dealkylation sites (tertiary alicyclic amines) is 1. The normalized spacial score (nSPS) is 24.2. The van der Waals surface area contributed by atoms with Crippen molar-refractivity contribution in [1.29, 1.82) is 0 Å². The molecule has 1 aliphatic heterocycles. The summed E-state index contributed by atoms with van der Waals surface area (Å²) in [6.45, 7) is 2.30. The van der Waals surface area contributed by atoms with E-state index in [0.29, 0.717) is 35.9 Å². The zero-order valence-electron chi connectivity index (χ0n) is 14.7. The van der Waals surface area contributed by atoms with Gasteiger partial charge in [0.15, 0.2) is 0 Å². The van der Waals surface area contributed by atoms with Crippen molar-refractivity contribution in [3.05, 3.63) is 29.3 Å². The van der Waals surface area contributed by atoms with Crippen LogP contribution in [0.2, 0.25) is 5.02 Å². The van der Waals surface area contributed by atoms with Crippen LogP contribution in [0.15, 0.2) is 28.7 Å². The molecule has 2 aliphatic rings. The number of anilines is 1. The average Bonchev–Trinajstić information content (AvgIpc) is 3.05. The summed E-state index contributed by atoms with van der Waals surface area (Å²) in [5.41, 5.74) is -0.301. The quantitative estimate of drug-likeness (QED) is 0.831. The Hall–Kier alpha value is -2.22. The predicted molar refractivity (Wildman–Crippen MR) is 95.6 cm³/mol. The van der Waals surface area contributed by atoms with Gasteiger partial charge in [-0.15, -0.1) is 5.10 Å². The summed E-state index contributed by atoms with van der Waals surface area (Å²) in [4.78, 5) is 14.2. The van der Waals surface area contributed by atoms with E-state index < -0.39 is 17.4 Å². The van der Waals surface area contributed by atoms with Gasteiger partial charge < -0.3 is 14.6 Å². The van der Waals surface area contributed by atoms with Crippen LogP contribution >= 0.6 is 11.6 Å². The second kappa shape index (κ2) is 6.44. The van der Waals surface area contributed by atoms with E-state index in [2.05, 4.69) is 15.5 Å². The maximum Gasteiger partial charge on any atom is 0.316 e. The Balaban J connectivity index is 1.42. The third-order valence-corrected chi connectivity index (χ3v) is 5.65. The number of halogens is 3. The second-order valence-corrected chi connectivity index (χ2v) is 7.63. The Labute approximate surface area is 159 Å². The number of aromatic nitrogens is 2. The lowest BCUT2D eigenvalue weighted by molar-refractivity contribution is -0.131. The van der Waals surface area contributed by atoms with Gasteiger partial charge in [0.1, 0.15) is 6.04 Å². The summed E-state index contributed by atoms with van der Waals surface area (Å²) in [5, 5.41) is 11.4. The Morgan fingerprint density at radius 2 is 2.07 bits per heavy atom. The van der Waals surface area contributed by atoms with E-state index in [4.69, 9.17) is 16.0 Å². The molecule has 1 aromatic carbocycles. The van der Waals surface area contributed by atoms with E-state index in [9.17, 15) is 13.6 Å². The highest BCUT2D eigenvalue weighted by molar-refractivity contribution is 6.30. The van der Waals surface area contributed by atoms with Gasteiger partial charge in [0.05, 0.1) is 5.41 Å². The third kappa shape index (κ3) is 3.26. The number of nitrogens with one attached hydrogen (secondary N) is 1. The van der Waals surface area contributed by atoms with Gasteiger partial charge in [-0.05, 0) is 37.1 Å². The first-order valence-electron chi connectivity index (χ1n) is 8.86. The van der Waals surface area contributed by atoms with Crippen LogP contribution in [0.5, 0.6) is 0 Å². The van der Waals surface area contributed by atoms with E-state index in [0.717, 1.165) is 0 Å². The van der Waals surface area contributed by atoms with Crippen LogP contribution in [0, 0.1) is 5.41 Å². The van der Waals surface area contributed by atoms with Gasteiger partial charge in [-0.25, -0.2) is 8.78 Å². The number of nitrogens with zero attached hydrogens (tertiary/aromatic N) is 3. The maximum atomic E-state index is 13.6. The minimum absolute atomic E-state index is 0.108. The molecule has 2 aromatic rings. The molecule has 1 aromatic heterocycles. The van der Waals surface area contributed by atoms with Gasteiger partial charge in [0.25, 0.3) is 5.92 Å². The molecule has 4 rings (SSSR count). The highest BCUT2D eigenvalue weighted by Gasteiger charge is 2.73. The monoisotopic (exact) mass is 396 g/mol. The van der Waals surface area contributed by atoms with Crippen molar-refractivity contribution < 1.29 is 18.0 Å². The fraction of sp³-hybridized carbons (Fsp3) is 0.500. The fourth-order valence-electron chi connectivity index (χ4n) is 3.58.